The highest BCUT2D eigenvalue weighted by molar-refractivity contribution is 5.86. The lowest BCUT2D eigenvalue weighted by molar-refractivity contribution is -0.129. The highest BCUT2D eigenvalue weighted by atomic mass is 16.2. The highest BCUT2D eigenvalue weighted by Gasteiger charge is 2.20. The van der Waals surface area contributed by atoms with Gasteiger partial charge < -0.3 is 16.0 Å². The molecule has 0 aromatic heterocycles. The quantitative estimate of drug-likeness (QED) is 0.613. The molecular weight excluding hydrogens is 206 g/mol. The first-order valence-electron chi connectivity index (χ1n) is 5.87. The second-order valence-corrected chi connectivity index (χ2v) is 4.48. The van der Waals surface area contributed by atoms with E-state index < -0.39 is 0 Å². The van der Waals surface area contributed by atoms with E-state index in [0.717, 1.165) is 25.9 Å². The van der Waals surface area contributed by atoms with Gasteiger partial charge in [0.15, 0.2) is 0 Å². The summed E-state index contributed by atoms with van der Waals surface area (Å²) < 4.78 is 0. The van der Waals surface area contributed by atoms with E-state index in [2.05, 4.69) is 16.0 Å². The lowest BCUT2D eigenvalue weighted by Crippen LogP contribution is -2.45. The number of nitrogens with one attached hydrogen (secondary N) is 3. The molecule has 2 amide bonds. The smallest absolute Gasteiger partial charge is 0.239 e. The van der Waals surface area contributed by atoms with Crippen LogP contribution < -0.4 is 16.0 Å². The third kappa shape index (κ3) is 4.61. The van der Waals surface area contributed by atoms with E-state index in [9.17, 15) is 9.59 Å². The van der Waals surface area contributed by atoms with Gasteiger partial charge in [0.1, 0.15) is 0 Å². The zero-order valence-corrected chi connectivity index (χ0v) is 10.0. The zero-order chi connectivity index (χ0) is 12.0. The van der Waals surface area contributed by atoms with Crippen molar-refractivity contribution in [2.75, 3.05) is 19.6 Å². The maximum absolute atomic E-state index is 11.7. The molecule has 0 unspecified atom stereocenters. The Kier molecular flexibility index (Phi) is 5.25. The molecule has 1 aliphatic heterocycles. The summed E-state index contributed by atoms with van der Waals surface area (Å²) >= 11 is 0. The normalized spacial score (nSPS) is 20.6. The van der Waals surface area contributed by atoms with Gasteiger partial charge in [0.2, 0.25) is 11.8 Å². The SMILES string of the molecule is CC(C)NC(=O)CNC(=O)[C@H]1CCCNC1. The van der Waals surface area contributed by atoms with Crippen LogP contribution in [0.1, 0.15) is 26.7 Å². The van der Waals surface area contributed by atoms with Crippen molar-refractivity contribution in [2.24, 2.45) is 5.92 Å². The number of amides is 2. The van der Waals surface area contributed by atoms with Crippen LogP contribution in [0.3, 0.4) is 0 Å². The number of carbonyl (C=O) groups is 2. The molecule has 1 fully saturated rings. The van der Waals surface area contributed by atoms with Crippen molar-refractivity contribution < 1.29 is 9.59 Å². The molecule has 1 saturated heterocycles. The molecule has 1 heterocycles. The summed E-state index contributed by atoms with van der Waals surface area (Å²) in [6.45, 7) is 5.57. The van der Waals surface area contributed by atoms with E-state index in [1.807, 2.05) is 13.8 Å². The third-order valence-electron chi connectivity index (χ3n) is 2.54. The zero-order valence-electron chi connectivity index (χ0n) is 10.0. The van der Waals surface area contributed by atoms with Crippen LogP contribution in [-0.2, 0) is 9.59 Å². The molecule has 3 N–H and O–H groups in total. The standard InChI is InChI=1S/C11H21N3O2/c1-8(2)14-10(15)7-13-11(16)9-4-3-5-12-6-9/h8-9,12H,3-7H2,1-2H3,(H,13,16)(H,14,15)/t9-/m0/s1. The average molecular weight is 227 g/mol. The van der Waals surface area contributed by atoms with Crippen LogP contribution in [0.25, 0.3) is 0 Å². The Bertz CT molecular complexity index is 248. The van der Waals surface area contributed by atoms with Gasteiger partial charge in [-0.05, 0) is 33.2 Å². The van der Waals surface area contributed by atoms with Crippen molar-refractivity contribution >= 4 is 11.8 Å². The molecule has 1 rings (SSSR count). The van der Waals surface area contributed by atoms with Crippen LogP contribution in [-0.4, -0.2) is 37.5 Å². The van der Waals surface area contributed by atoms with Crippen molar-refractivity contribution in [1.29, 1.82) is 0 Å². The summed E-state index contributed by atoms with van der Waals surface area (Å²) in [5.41, 5.74) is 0. The van der Waals surface area contributed by atoms with Crippen molar-refractivity contribution in [3.05, 3.63) is 0 Å². The fourth-order valence-electron chi connectivity index (χ4n) is 1.76. The van der Waals surface area contributed by atoms with Crippen LogP contribution in [0.15, 0.2) is 0 Å². The molecule has 5 nitrogen and oxygen atoms in total. The van der Waals surface area contributed by atoms with Crippen LogP contribution in [0.5, 0.6) is 0 Å². The largest absolute Gasteiger partial charge is 0.352 e. The molecule has 0 spiro atoms. The molecule has 0 aromatic rings. The summed E-state index contributed by atoms with van der Waals surface area (Å²) in [5, 5.41) is 8.57. The first kappa shape index (κ1) is 13.0. The van der Waals surface area contributed by atoms with Gasteiger partial charge in [-0.15, -0.1) is 0 Å². The highest BCUT2D eigenvalue weighted by Crippen LogP contribution is 2.09. The molecule has 5 heteroatoms. The van der Waals surface area contributed by atoms with Gasteiger partial charge >= 0.3 is 0 Å². The molecule has 16 heavy (non-hydrogen) atoms. The Labute approximate surface area is 96.4 Å². The minimum atomic E-state index is -0.132. The lowest BCUT2D eigenvalue weighted by atomic mass is 9.99. The first-order chi connectivity index (χ1) is 7.59. The monoisotopic (exact) mass is 227 g/mol. The summed E-state index contributed by atoms with van der Waals surface area (Å²) in [7, 11) is 0. The first-order valence-corrected chi connectivity index (χ1v) is 5.87. The maximum Gasteiger partial charge on any atom is 0.239 e. The van der Waals surface area contributed by atoms with Crippen LogP contribution >= 0.6 is 0 Å². The van der Waals surface area contributed by atoms with Gasteiger partial charge in [-0.25, -0.2) is 0 Å². The predicted octanol–water partition coefficient (Wildman–Crippen LogP) is -0.373. The number of hydrogen-bond acceptors (Lipinski definition) is 3. The Hall–Kier alpha value is -1.10. The minimum Gasteiger partial charge on any atom is -0.352 e. The number of piperidine rings is 1. The van der Waals surface area contributed by atoms with Crippen LogP contribution in [0.2, 0.25) is 0 Å². The molecule has 0 aliphatic carbocycles. The Morgan fingerprint density at radius 3 is 2.75 bits per heavy atom. The molecular formula is C11H21N3O2. The van der Waals surface area contributed by atoms with E-state index in [1.54, 1.807) is 0 Å². The Morgan fingerprint density at radius 2 is 2.19 bits per heavy atom. The summed E-state index contributed by atoms with van der Waals surface area (Å²) in [6, 6.07) is 0.112. The van der Waals surface area contributed by atoms with Gasteiger partial charge in [-0.1, -0.05) is 0 Å². The second-order valence-electron chi connectivity index (χ2n) is 4.48. The van der Waals surface area contributed by atoms with Gasteiger partial charge in [0.25, 0.3) is 0 Å². The van der Waals surface area contributed by atoms with E-state index in [-0.39, 0.29) is 30.3 Å². The molecule has 1 atom stereocenters. The Morgan fingerprint density at radius 1 is 1.44 bits per heavy atom. The lowest BCUT2D eigenvalue weighted by Gasteiger charge is -2.21. The van der Waals surface area contributed by atoms with E-state index >= 15 is 0 Å². The van der Waals surface area contributed by atoms with Gasteiger partial charge in [0.05, 0.1) is 12.5 Å². The Balaban J connectivity index is 2.21. The number of carbonyl (C=O) groups excluding carboxylic acids is 2. The third-order valence-corrected chi connectivity index (χ3v) is 2.54. The van der Waals surface area contributed by atoms with Crippen molar-refractivity contribution in [3.8, 4) is 0 Å². The minimum absolute atomic E-state index is 0.0144. The van der Waals surface area contributed by atoms with Gasteiger partial charge in [-0.3, -0.25) is 9.59 Å². The molecule has 0 radical (unpaired) electrons. The van der Waals surface area contributed by atoms with E-state index in [4.69, 9.17) is 0 Å². The van der Waals surface area contributed by atoms with Crippen molar-refractivity contribution in [2.45, 2.75) is 32.7 Å². The van der Waals surface area contributed by atoms with Crippen LogP contribution in [0.4, 0.5) is 0 Å². The van der Waals surface area contributed by atoms with Gasteiger partial charge in [0, 0.05) is 12.6 Å². The fraction of sp³-hybridized carbons (Fsp3) is 0.818. The summed E-state index contributed by atoms with van der Waals surface area (Å²) in [6.07, 6.45) is 1.93. The van der Waals surface area contributed by atoms with Crippen molar-refractivity contribution in [3.63, 3.8) is 0 Å². The van der Waals surface area contributed by atoms with Crippen molar-refractivity contribution in [1.82, 2.24) is 16.0 Å². The topological polar surface area (TPSA) is 70.2 Å². The second kappa shape index (κ2) is 6.48. The fourth-order valence-corrected chi connectivity index (χ4v) is 1.76. The summed E-state index contributed by atoms with van der Waals surface area (Å²) in [5.74, 6) is -0.140. The molecule has 0 aromatic carbocycles. The summed E-state index contributed by atoms with van der Waals surface area (Å²) in [4.78, 5) is 23.0. The molecule has 1 aliphatic rings. The molecule has 92 valence electrons. The maximum atomic E-state index is 11.7. The predicted molar refractivity (Wildman–Crippen MR) is 61.9 cm³/mol. The molecule has 0 bridgehead atoms. The number of rotatable bonds is 4. The molecule has 0 saturated carbocycles. The van der Waals surface area contributed by atoms with Crippen LogP contribution in [0, 0.1) is 5.92 Å². The van der Waals surface area contributed by atoms with E-state index in [0.29, 0.717) is 0 Å². The van der Waals surface area contributed by atoms with E-state index in [1.165, 1.54) is 0 Å². The number of hydrogen-bond donors (Lipinski definition) is 3. The van der Waals surface area contributed by atoms with Gasteiger partial charge in [-0.2, -0.15) is 0 Å². The average Bonchev–Trinajstić information content (AvgIpc) is 2.26.